The average molecular weight is 210 g/mol. The highest BCUT2D eigenvalue weighted by molar-refractivity contribution is 7.18. The minimum atomic E-state index is 0.123. The molecule has 5 nitrogen and oxygen atoms in total. The number of nitrogens with two attached hydrogens (primary N) is 1. The second-order valence-electron chi connectivity index (χ2n) is 3.02. The lowest BCUT2D eigenvalue weighted by atomic mass is 10.4. The molecule has 0 aromatic carbocycles. The molecule has 2 heterocycles. The first-order valence-electron chi connectivity index (χ1n) is 4.06. The van der Waals surface area contributed by atoms with Crippen LogP contribution < -0.4 is 5.73 Å². The predicted molar refractivity (Wildman–Crippen MR) is 55.1 cm³/mol. The van der Waals surface area contributed by atoms with Crippen LogP contribution in [0.3, 0.4) is 0 Å². The van der Waals surface area contributed by atoms with E-state index in [-0.39, 0.29) is 5.84 Å². The molecule has 0 bridgehead atoms. The van der Waals surface area contributed by atoms with Crippen molar-refractivity contribution in [2.24, 2.45) is 10.9 Å². The molecule has 0 aliphatic heterocycles. The Labute approximate surface area is 84.5 Å². The summed E-state index contributed by atoms with van der Waals surface area (Å²) in [6.07, 6.45) is 1.82. The third kappa shape index (κ3) is 1.15. The van der Waals surface area contributed by atoms with Crippen LogP contribution in [-0.2, 0) is 0 Å². The molecule has 3 N–H and O–H groups in total. The summed E-state index contributed by atoms with van der Waals surface area (Å²) < 4.78 is 1.94. The van der Waals surface area contributed by atoms with Crippen molar-refractivity contribution in [1.82, 2.24) is 9.38 Å². The van der Waals surface area contributed by atoms with Crippen LogP contribution in [0.25, 0.3) is 4.96 Å². The molecular formula is C8H10N4OS. The van der Waals surface area contributed by atoms with Crippen LogP contribution in [0, 0.1) is 13.8 Å². The largest absolute Gasteiger partial charge is 0.409 e. The summed E-state index contributed by atoms with van der Waals surface area (Å²) in [5.41, 5.74) is 7.55. The second-order valence-corrected chi connectivity index (χ2v) is 4.02. The van der Waals surface area contributed by atoms with Gasteiger partial charge in [0.1, 0.15) is 0 Å². The van der Waals surface area contributed by atoms with Gasteiger partial charge in [0.05, 0.1) is 10.6 Å². The van der Waals surface area contributed by atoms with Gasteiger partial charge in [0.2, 0.25) is 0 Å². The summed E-state index contributed by atoms with van der Waals surface area (Å²) in [5, 5.41) is 11.5. The molecule has 0 saturated heterocycles. The first-order chi connectivity index (χ1) is 6.63. The van der Waals surface area contributed by atoms with Crippen LogP contribution in [0.2, 0.25) is 0 Å². The van der Waals surface area contributed by atoms with Crippen LogP contribution in [0.5, 0.6) is 0 Å². The van der Waals surface area contributed by atoms with Gasteiger partial charge in [-0.15, -0.1) is 0 Å². The zero-order chi connectivity index (χ0) is 10.3. The monoisotopic (exact) mass is 210 g/mol. The zero-order valence-corrected chi connectivity index (χ0v) is 8.67. The van der Waals surface area contributed by atoms with Gasteiger partial charge in [0, 0.05) is 11.9 Å². The molecule has 74 valence electrons. The highest BCUT2D eigenvalue weighted by Crippen LogP contribution is 2.20. The van der Waals surface area contributed by atoms with Crippen LogP contribution >= 0.6 is 11.3 Å². The van der Waals surface area contributed by atoms with Gasteiger partial charge in [-0.2, -0.15) is 0 Å². The lowest BCUT2D eigenvalue weighted by Crippen LogP contribution is -2.10. The molecule has 2 aromatic rings. The fourth-order valence-electron chi connectivity index (χ4n) is 1.23. The molecule has 0 unspecified atom stereocenters. The maximum Gasteiger partial charge on any atom is 0.194 e. The number of hydrogen-bond donors (Lipinski definition) is 2. The Bertz CT molecular complexity index is 511. The molecule has 0 aliphatic rings. The molecule has 0 radical (unpaired) electrons. The normalized spacial score (nSPS) is 12.6. The Balaban J connectivity index is 2.65. The Morgan fingerprint density at radius 2 is 2.36 bits per heavy atom. The average Bonchev–Trinajstić information content (AvgIpc) is 2.68. The van der Waals surface area contributed by atoms with E-state index in [2.05, 4.69) is 10.1 Å². The SMILES string of the molecule is Cc1nc2sc(/C(N)=N\O)cn2c1C. The summed E-state index contributed by atoms with van der Waals surface area (Å²) in [6, 6.07) is 0. The summed E-state index contributed by atoms with van der Waals surface area (Å²) in [4.78, 5) is 5.92. The van der Waals surface area contributed by atoms with Crippen molar-refractivity contribution in [2.75, 3.05) is 0 Å². The number of aryl methyl sites for hydroxylation is 2. The van der Waals surface area contributed by atoms with Crippen molar-refractivity contribution in [2.45, 2.75) is 13.8 Å². The highest BCUT2D eigenvalue weighted by Gasteiger charge is 2.10. The van der Waals surface area contributed by atoms with E-state index in [1.54, 1.807) is 0 Å². The van der Waals surface area contributed by atoms with Gasteiger partial charge in [-0.1, -0.05) is 16.5 Å². The summed E-state index contributed by atoms with van der Waals surface area (Å²) in [7, 11) is 0. The number of amidine groups is 1. The van der Waals surface area contributed by atoms with Crippen LogP contribution in [0.4, 0.5) is 0 Å². The molecule has 0 spiro atoms. The number of thiazole rings is 1. The molecule has 0 aliphatic carbocycles. The van der Waals surface area contributed by atoms with Gasteiger partial charge in [-0.3, -0.25) is 4.40 Å². The van der Waals surface area contributed by atoms with E-state index in [1.165, 1.54) is 11.3 Å². The Kier molecular flexibility index (Phi) is 1.92. The van der Waals surface area contributed by atoms with E-state index >= 15 is 0 Å². The molecule has 14 heavy (non-hydrogen) atoms. The maximum atomic E-state index is 8.51. The third-order valence-electron chi connectivity index (χ3n) is 2.16. The fraction of sp³-hybridized carbons (Fsp3) is 0.250. The first-order valence-corrected chi connectivity index (χ1v) is 4.88. The van der Waals surface area contributed by atoms with E-state index in [1.807, 2.05) is 24.4 Å². The standard InChI is InChI=1S/C8H10N4OS/c1-4-5(2)12-3-6(7(9)11-13)14-8(12)10-4/h3,13H,1-2H3,(H2,9,11). The van der Waals surface area contributed by atoms with Gasteiger partial charge in [-0.25, -0.2) is 4.98 Å². The van der Waals surface area contributed by atoms with Gasteiger partial charge in [0.25, 0.3) is 0 Å². The molecule has 6 heteroatoms. The Morgan fingerprint density at radius 1 is 1.64 bits per heavy atom. The van der Waals surface area contributed by atoms with Crippen molar-refractivity contribution in [3.63, 3.8) is 0 Å². The molecule has 2 aromatic heterocycles. The maximum absolute atomic E-state index is 8.51. The Morgan fingerprint density at radius 3 is 2.93 bits per heavy atom. The van der Waals surface area contributed by atoms with Crippen molar-refractivity contribution >= 4 is 22.1 Å². The number of oxime groups is 1. The van der Waals surface area contributed by atoms with Crippen molar-refractivity contribution < 1.29 is 5.21 Å². The van der Waals surface area contributed by atoms with Gasteiger partial charge in [0.15, 0.2) is 10.8 Å². The van der Waals surface area contributed by atoms with Crippen LogP contribution in [-0.4, -0.2) is 20.4 Å². The quantitative estimate of drug-likeness (QED) is 0.320. The second kappa shape index (κ2) is 2.98. The van der Waals surface area contributed by atoms with Gasteiger partial charge < -0.3 is 10.9 Å². The van der Waals surface area contributed by atoms with E-state index in [9.17, 15) is 0 Å². The van der Waals surface area contributed by atoms with E-state index in [4.69, 9.17) is 10.9 Å². The highest BCUT2D eigenvalue weighted by atomic mass is 32.1. The smallest absolute Gasteiger partial charge is 0.194 e. The number of fused-ring (bicyclic) bond motifs is 1. The van der Waals surface area contributed by atoms with Crippen LogP contribution in [0.15, 0.2) is 11.4 Å². The summed E-state index contributed by atoms with van der Waals surface area (Å²) >= 11 is 1.40. The topological polar surface area (TPSA) is 75.9 Å². The number of aromatic nitrogens is 2. The summed E-state index contributed by atoms with van der Waals surface area (Å²) in [6.45, 7) is 3.94. The number of rotatable bonds is 1. The van der Waals surface area contributed by atoms with E-state index < -0.39 is 0 Å². The number of imidazole rings is 1. The predicted octanol–water partition coefficient (Wildman–Crippen LogP) is 1.11. The van der Waals surface area contributed by atoms with Crippen molar-refractivity contribution in [1.29, 1.82) is 0 Å². The Hall–Kier alpha value is -1.56. The van der Waals surface area contributed by atoms with Gasteiger partial charge in [-0.05, 0) is 13.8 Å². The molecule has 0 amide bonds. The molecular weight excluding hydrogens is 200 g/mol. The van der Waals surface area contributed by atoms with E-state index in [0.29, 0.717) is 0 Å². The minimum absolute atomic E-state index is 0.123. The third-order valence-corrected chi connectivity index (χ3v) is 3.17. The molecule has 0 atom stereocenters. The minimum Gasteiger partial charge on any atom is -0.409 e. The number of hydrogen-bond acceptors (Lipinski definition) is 4. The lowest BCUT2D eigenvalue weighted by Gasteiger charge is -1.90. The lowest BCUT2D eigenvalue weighted by molar-refractivity contribution is 0.319. The first kappa shape index (κ1) is 9.01. The van der Waals surface area contributed by atoms with Crippen LogP contribution in [0.1, 0.15) is 16.3 Å². The molecule has 0 fully saturated rings. The summed E-state index contributed by atoms with van der Waals surface area (Å²) in [5.74, 6) is 0.123. The van der Waals surface area contributed by atoms with E-state index in [0.717, 1.165) is 21.2 Å². The zero-order valence-electron chi connectivity index (χ0n) is 7.85. The fourth-order valence-corrected chi connectivity index (χ4v) is 2.20. The van der Waals surface area contributed by atoms with Crippen molar-refractivity contribution in [3.8, 4) is 0 Å². The number of nitrogens with zero attached hydrogens (tertiary/aromatic N) is 3. The van der Waals surface area contributed by atoms with Crippen molar-refractivity contribution in [3.05, 3.63) is 22.5 Å². The molecule has 0 saturated carbocycles. The van der Waals surface area contributed by atoms with Gasteiger partial charge >= 0.3 is 0 Å². The molecule has 2 rings (SSSR count).